The molecule has 2 aromatic carbocycles. The van der Waals surface area contributed by atoms with Crippen LogP contribution in [0.2, 0.25) is 5.02 Å². The van der Waals surface area contributed by atoms with Crippen molar-refractivity contribution in [2.45, 2.75) is 24.1 Å². The van der Waals surface area contributed by atoms with E-state index in [-0.39, 0.29) is 28.5 Å². The van der Waals surface area contributed by atoms with Gasteiger partial charge in [0.25, 0.3) is 0 Å². The number of hydrogen-bond donors (Lipinski definition) is 4. The third-order valence-electron chi connectivity index (χ3n) is 5.37. The Morgan fingerprint density at radius 2 is 1.83 bits per heavy atom. The van der Waals surface area contributed by atoms with Crippen LogP contribution >= 0.6 is 22.9 Å². The second kappa shape index (κ2) is 10.5. The van der Waals surface area contributed by atoms with Gasteiger partial charge in [-0.3, -0.25) is 14.4 Å². The predicted octanol–water partition coefficient (Wildman–Crippen LogP) is 2.03. The Morgan fingerprint density at radius 1 is 1.14 bits per heavy atom. The quantitative estimate of drug-likeness (QED) is 0.318. The standard InChI is InChI=1S/C23H23ClN4O6S2/c1-36(33,34)21(22(32)25-10-18(30)26-15-6-7-15)23-28-20-16(24)8-13(9-17(20)35-23)12-2-4-14(5-3-12)27-19(31)11-29/h2-5,8-9,15,21,29H,6-7,10-11H2,1H3,(H,25,32)(H,26,30)(H,27,31). The molecule has 4 N–H and O–H groups in total. The van der Waals surface area contributed by atoms with E-state index in [9.17, 15) is 22.8 Å². The molecule has 1 aliphatic carbocycles. The molecule has 3 amide bonds. The molecule has 0 saturated heterocycles. The lowest BCUT2D eigenvalue weighted by molar-refractivity contribution is -0.126. The molecule has 4 rings (SSSR count). The number of amides is 3. The first-order valence-electron chi connectivity index (χ1n) is 10.9. The number of aliphatic hydroxyl groups is 1. The van der Waals surface area contributed by atoms with E-state index >= 15 is 0 Å². The first-order valence-corrected chi connectivity index (χ1v) is 14.1. The van der Waals surface area contributed by atoms with Crippen molar-refractivity contribution < 1.29 is 27.9 Å². The van der Waals surface area contributed by atoms with E-state index in [2.05, 4.69) is 20.9 Å². The predicted molar refractivity (Wildman–Crippen MR) is 138 cm³/mol. The number of nitrogens with zero attached hydrogens (tertiary/aromatic N) is 1. The van der Waals surface area contributed by atoms with E-state index in [1.54, 1.807) is 36.4 Å². The van der Waals surface area contributed by atoms with Crippen LogP contribution in [0.4, 0.5) is 5.69 Å². The molecule has 10 nitrogen and oxygen atoms in total. The van der Waals surface area contributed by atoms with Crippen LogP contribution in [0, 0.1) is 0 Å². The molecule has 0 spiro atoms. The highest BCUT2D eigenvalue weighted by Gasteiger charge is 2.34. The van der Waals surface area contributed by atoms with Crippen molar-refractivity contribution in [1.29, 1.82) is 0 Å². The average Bonchev–Trinajstić information content (AvgIpc) is 3.53. The summed E-state index contributed by atoms with van der Waals surface area (Å²) in [6, 6.07) is 10.4. The van der Waals surface area contributed by atoms with Gasteiger partial charge in [-0.05, 0) is 48.2 Å². The number of nitrogens with one attached hydrogen (secondary N) is 3. The number of carbonyl (C=O) groups excluding carboxylic acids is 3. The van der Waals surface area contributed by atoms with Gasteiger partial charge in [-0.15, -0.1) is 11.3 Å². The molecule has 1 aromatic heterocycles. The number of fused-ring (bicyclic) bond motifs is 1. The Morgan fingerprint density at radius 3 is 2.44 bits per heavy atom. The molecule has 3 aromatic rings. The molecule has 0 radical (unpaired) electrons. The molecule has 13 heteroatoms. The van der Waals surface area contributed by atoms with Gasteiger partial charge in [0.15, 0.2) is 15.1 Å². The van der Waals surface area contributed by atoms with Gasteiger partial charge in [0.2, 0.25) is 17.7 Å². The van der Waals surface area contributed by atoms with Crippen LogP contribution in [-0.4, -0.2) is 61.7 Å². The molecule has 1 unspecified atom stereocenters. The molecule has 1 aliphatic rings. The Hall–Kier alpha value is -3.06. The van der Waals surface area contributed by atoms with E-state index in [0.717, 1.165) is 41.6 Å². The number of thiazole rings is 1. The van der Waals surface area contributed by atoms with Crippen molar-refractivity contribution in [2.75, 3.05) is 24.7 Å². The molecule has 190 valence electrons. The molecule has 0 bridgehead atoms. The first kappa shape index (κ1) is 26.0. The number of halogens is 1. The number of rotatable bonds is 9. The van der Waals surface area contributed by atoms with Crippen LogP contribution in [-0.2, 0) is 24.2 Å². The number of aromatic nitrogens is 1. The highest BCUT2D eigenvalue weighted by molar-refractivity contribution is 7.91. The second-order valence-corrected chi connectivity index (χ2v) is 12.0. The minimum atomic E-state index is -3.91. The van der Waals surface area contributed by atoms with Gasteiger partial charge >= 0.3 is 0 Å². The summed E-state index contributed by atoms with van der Waals surface area (Å²) in [7, 11) is -3.91. The van der Waals surface area contributed by atoms with E-state index in [4.69, 9.17) is 16.7 Å². The summed E-state index contributed by atoms with van der Waals surface area (Å²) in [4.78, 5) is 40.4. The van der Waals surface area contributed by atoms with Crippen LogP contribution in [0.3, 0.4) is 0 Å². The summed E-state index contributed by atoms with van der Waals surface area (Å²) >= 11 is 7.49. The fourth-order valence-electron chi connectivity index (χ4n) is 3.49. The van der Waals surface area contributed by atoms with Gasteiger partial charge in [0, 0.05) is 18.0 Å². The zero-order valence-corrected chi connectivity index (χ0v) is 21.5. The zero-order valence-electron chi connectivity index (χ0n) is 19.1. The molecule has 1 heterocycles. The Balaban J connectivity index is 1.59. The number of benzene rings is 2. The lowest BCUT2D eigenvalue weighted by Crippen LogP contribution is -2.41. The van der Waals surface area contributed by atoms with Crippen LogP contribution in [0.25, 0.3) is 21.3 Å². The molecular formula is C23H23ClN4O6S2. The molecule has 1 fully saturated rings. The summed E-state index contributed by atoms with van der Waals surface area (Å²) in [6.45, 7) is -0.951. The maximum atomic E-state index is 12.8. The lowest BCUT2D eigenvalue weighted by Gasteiger charge is -2.12. The molecule has 1 saturated carbocycles. The maximum absolute atomic E-state index is 12.8. The van der Waals surface area contributed by atoms with Crippen molar-refractivity contribution in [1.82, 2.24) is 15.6 Å². The molecule has 0 aliphatic heterocycles. The first-order chi connectivity index (χ1) is 17.0. The average molecular weight is 551 g/mol. The van der Waals surface area contributed by atoms with Crippen LogP contribution in [0.1, 0.15) is 23.1 Å². The monoisotopic (exact) mass is 550 g/mol. The highest BCUT2D eigenvalue weighted by atomic mass is 35.5. The van der Waals surface area contributed by atoms with Crippen molar-refractivity contribution in [3.63, 3.8) is 0 Å². The fraction of sp³-hybridized carbons (Fsp3) is 0.304. The highest BCUT2D eigenvalue weighted by Crippen LogP contribution is 2.37. The largest absolute Gasteiger partial charge is 0.387 e. The number of hydrogen-bond acceptors (Lipinski definition) is 8. The van der Waals surface area contributed by atoms with E-state index in [1.807, 2.05) is 0 Å². The SMILES string of the molecule is CS(=O)(=O)C(C(=O)NCC(=O)NC1CC1)c1nc2c(Cl)cc(-c3ccc(NC(=O)CO)cc3)cc2s1. The van der Waals surface area contributed by atoms with Crippen molar-refractivity contribution in [3.8, 4) is 11.1 Å². The van der Waals surface area contributed by atoms with Crippen LogP contribution in [0.15, 0.2) is 36.4 Å². The topological polar surface area (TPSA) is 155 Å². The third-order valence-corrected chi connectivity index (χ3v) is 8.16. The summed E-state index contributed by atoms with van der Waals surface area (Å²) in [6.07, 6.45) is 2.73. The Labute approximate surface area is 216 Å². The summed E-state index contributed by atoms with van der Waals surface area (Å²) in [5.74, 6) is -1.74. The van der Waals surface area contributed by atoms with Crippen LogP contribution < -0.4 is 16.0 Å². The summed E-state index contributed by atoms with van der Waals surface area (Å²) in [5.41, 5.74) is 2.37. The molecule has 36 heavy (non-hydrogen) atoms. The summed E-state index contributed by atoms with van der Waals surface area (Å²) < 4.78 is 25.6. The number of sulfone groups is 1. The fourth-order valence-corrected chi connectivity index (χ4v) is 6.38. The minimum absolute atomic E-state index is 0.0497. The summed E-state index contributed by atoms with van der Waals surface area (Å²) in [5, 5.41) is 15.3. The molecular weight excluding hydrogens is 528 g/mol. The smallest absolute Gasteiger partial charge is 0.250 e. The number of anilines is 1. The minimum Gasteiger partial charge on any atom is -0.387 e. The van der Waals surface area contributed by atoms with Crippen molar-refractivity contribution in [3.05, 3.63) is 46.4 Å². The van der Waals surface area contributed by atoms with Gasteiger partial charge in [0.05, 0.1) is 16.3 Å². The Bertz CT molecular complexity index is 1430. The van der Waals surface area contributed by atoms with Gasteiger partial charge in [0.1, 0.15) is 17.1 Å². The maximum Gasteiger partial charge on any atom is 0.250 e. The van der Waals surface area contributed by atoms with Gasteiger partial charge < -0.3 is 21.1 Å². The van der Waals surface area contributed by atoms with E-state index in [0.29, 0.717) is 15.9 Å². The van der Waals surface area contributed by atoms with Crippen LogP contribution in [0.5, 0.6) is 0 Å². The zero-order chi connectivity index (χ0) is 26.0. The van der Waals surface area contributed by atoms with Gasteiger partial charge in [-0.25, -0.2) is 13.4 Å². The Kier molecular flexibility index (Phi) is 7.59. The second-order valence-electron chi connectivity index (χ2n) is 8.41. The number of carbonyl (C=O) groups is 3. The van der Waals surface area contributed by atoms with E-state index in [1.165, 1.54) is 0 Å². The van der Waals surface area contributed by atoms with Crippen molar-refractivity contribution in [2.24, 2.45) is 0 Å². The number of aliphatic hydroxyl groups excluding tert-OH is 1. The van der Waals surface area contributed by atoms with Crippen molar-refractivity contribution >= 4 is 66.4 Å². The normalized spacial score (nSPS) is 14.3. The van der Waals surface area contributed by atoms with Gasteiger partial charge in [-0.2, -0.15) is 0 Å². The third kappa shape index (κ3) is 6.19. The molecule has 1 atom stereocenters. The lowest BCUT2D eigenvalue weighted by atomic mass is 10.1. The van der Waals surface area contributed by atoms with Gasteiger partial charge in [-0.1, -0.05) is 23.7 Å². The van der Waals surface area contributed by atoms with E-state index < -0.39 is 33.5 Å².